The second kappa shape index (κ2) is 5.41. The van der Waals surface area contributed by atoms with Gasteiger partial charge < -0.3 is 4.74 Å². The fourth-order valence-corrected chi connectivity index (χ4v) is 3.08. The van der Waals surface area contributed by atoms with Gasteiger partial charge >= 0.3 is 6.18 Å². The Morgan fingerprint density at radius 3 is 2.73 bits per heavy atom. The van der Waals surface area contributed by atoms with Crippen LogP contribution in [-0.4, -0.2) is 37.2 Å². The van der Waals surface area contributed by atoms with E-state index in [1.165, 1.54) is 12.1 Å². The van der Waals surface area contributed by atoms with Crippen LogP contribution in [0.3, 0.4) is 0 Å². The first-order valence-electron chi connectivity index (χ1n) is 7.02. The van der Waals surface area contributed by atoms with E-state index in [2.05, 4.69) is 4.90 Å². The number of benzene rings is 1. The maximum absolute atomic E-state index is 13.3. The fraction of sp³-hybridized carbons (Fsp3) is 0.438. The van der Waals surface area contributed by atoms with Crippen molar-refractivity contribution < 1.29 is 17.9 Å². The highest BCUT2D eigenvalue weighted by Crippen LogP contribution is 2.39. The maximum Gasteiger partial charge on any atom is 0.417 e. The Bertz CT molecular complexity index is 660. The molecule has 6 heteroatoms. The zero-order valence-corrected chi connectivity index (χ0v) is 12.0. The third kappa shape index (κ3) is 2.62. The van der Waals surface area contributed by atoms with Gasteiger partial charge in [0.25, 0.3) is 0 Å². The second-order valence-electron chi connectivity index (χ2n) is 5.69. The lowest BCUT2D eigenvalue weighted by atomic mass is 9.87. The third-order valence-electron chi connectivity index (χ3n) is 4.35. The zero-order chi connectivity index (χ0) is 15.9. The minimum atomic E-state index is -4.47. The fourth-order valence-electron chi connectivity index (χ4n) is 3.08. The Hall–Kier alpha value is -1.84. The predicted molar refractivity (Wildman–Crippen MR) is 74.9 cm³/mol. The lowest BCUT2D eigenvalue weighted by molar-refractivity contribution is -0.137. The number of rotatable bonds is 1. The van der Waals surface area contributed by atoms with Gasteiger partial charge in [-0.2, -0.15) is 18.4 Å². The summed E-state index contributed by atoms with van der Waals surface area (Å²) >= 11 is 0. The van der Waals surface area contributed by atoms with E-state index in [0.29, 0.717) is 25.2 Å². The average molecular weight is 308 g/mol. The third-order valence-corrected chi connectivity index (χ3v) is 4.35. The number of nitrogens with zero attached hydrogens (tertiary/aromatic N) is 2. The minimum Gasteiger partial charge on any atom is -0.378 e. The van der Waals surface area contributed by atoms with Crippen molar-refractivity contribution in [3.8, 4) is 6.07 Å². The van der Waals surface area contributed by atoms with Gasteiger partial charge in [0, 0.05) is 6.04 Å². The van der Waals surface area contributed by atoms with E-state index in [9.17, 15) is 13.2 Å². The van der Waals surface area contributed by atoms with Crippen LogP contribution >= 0.6 is 0 Å². The molecule has 0 saturated carbocycles. The number of nitriles is 1. The van der Waals surface area contributed by atoms with Crippen LogP contribution in [0.1, 0.15) is 23.1 Å². The van der Waals surface area contributed by atoms with E-state index < -0.39 is 11.7 Å². The van der Waals surface area contributed by atoms with Crippen molar-refractivity contribution in [3.63, 3.8) is 0 Å². The molecule has 2 aliphatic heterocycles. The van der Waals surface area contributed by atoms with Crippen LogP contribution < -0.4 is 0 Å². The summed E-state index contributed by atoms with van der Waals surface area (Å²) in [7, 11) is 1.97. The predicted octanol–water partition coefficient (Wildman–Crippen LogP) is 3.06. The number of alkyl halides is 3. The highest BCUT2D eigenvalue weighted by molar-refractivity contribution is 5.71. The average Bonchev–Trinajstić information content (AvgIpc) is 2.45. The van der Waals surface area contributed by atoms with Crippen LogP contribution in [0.2, 0.25) is 0 Å². The quantitative estimate of drug-likeness (QED) is 0.800. The maximum atomic E-state index is 13.3. The Kier molecular flexibility index (Phi) is 3.71. The van der Waals surface area contributed by atoms with Crippen molar-refractivity contribution in [2.75, 3.05) is 20.3 Å². The number of morpholine rings is 1. The molecule has 116 valence electrons. The van der Waals surface area contributed by atoms with E-state index in [1.807, 2.05) is 13.1 Å². The molecule has 0 aromatic heterocycles. The summed E-state index contributed by atoms with van der Waals surface area (Å²) in [6.45, 7) is 1.02. The van der Waals surface area contributed by atoms with Gasteiger partial charge in [0.05, 0.1) is 36.5 Å². The standard InChI is InChI=1S/C16H15F3N2O/c1-21-12-5-11(6-13(21)9-22-8-12)14-3-2-10(7-20)4-15(14)16(17,18)19/h2-5,12-13H,6,8-9H2,1H3. The monoisotopic (exact) mass is 308 g/mol. The molecular weight excluding hydrogens is 293 g/mol. The van der Waals surface area contributed by atoms with Gasteiger partial charge in [-0.1, -0.05) is 12.1 Å². The topological polar surface area (TPSA) is 36.3 Å². The lowest BCUT2D eigenvalue weighted by Gasteiger charge is -2.42. The number of fused-ring (bicyclic) bond motifs is 2. The van der Waals surface area contributed by atoms with Crippen LogP contribution in [0, 0.1) is 11.3 Å². The van der Waals surface area contributed by atoms with Crippen molar-refractivity contribution in [2.45, 2.75) is 24.7 Å². The van der Waals surface area contributed by atoms with Crippen molar-refractivity contribution in [2.24, 2.45) is 0 Å². The molecule has 2 heterocycles. The Morgan fingerprint density at radius 2 is 2.09 bits per heavy atom. The van der Waals surface area contributed by atoms with E-state index in [4.69, 9.17) is 10.00 Å². The van der Waals surface area contributed by atoms with Crippen LogP contribution in [0.15, 0.2) is 24.3 Å². The number of ether oxygens (including phenoxy) is 1. The van der Waals surface area contributed by atoms with Crippen LogP contribution in [0.4, 0.5) is 13.2 Å². The number of likely N-dealkylation sites (N-methyl/N-ethyl adjacent to an activating group) is 1. The summed E-state index contributed by atoms with van der Waals surface area (Å²) in [5.41, 5.74) is 0.152. The van der Waals surface area contributed by atoms with E-state index in [1.54, 1.807) is 6.07 Å². The van der Waals surface area contributed by atoms with Crippen molar-refractivity contribution in [3.05, 3.63) is 41.0 Å². The van der Waals surface area contributed by atoms with Gasteiger partial charge in [0.2, 0.25) is 0 Å². The van der Waals surface area contributed by atoms with E-state index in [0.717, 1.165) is 6.07 Å². The van der Waals surface area contributed by atoms with Crippen molar-refractivity contribution in [1.29, 1.82) is 5.26 Å². The van der Waals surface area contributed by atoms with Gasteiger partial charge in [-0.05, 0) is 36.7 Å². The Balaban J connectivity index is 2.07. The van der Waals surface area contributed by atoms with E-state index in [-0.39, 0.29) is 23.2 Å². The minimum absolute atomic E-state index is 0.000716. The zero-order valence-electron chi connectivity index (χ0n) is 12.0. The SMILES string of the molecule is CN1C2C=C(c3ccc(C#N)cc3C(F)(F)F)CC1COC2. The molecule has 3 nitrogen and oxygen atoms in total. The molecule has 2 aliphatic rings. The summed E-state index contributed by atoms with van der Waals surface area (Å²) in [4.78, 5) is 2.14. The molecule has 2 atom stereocenters. The normalized spacial score (nSPS) is 25.5. The van der Waals surface area contributed by atoms with Crippen LogP contribution in [0.25, 0.3) is 5.57 Å². The molecule has 0 spiro atoms. The number of hydrogen-bond acceptors (Lipinski definition) is 3. The van der Waals surface area contributed by atoms with Crippen LogP contribution in [0.5, 0.6) is 0 Å². The molecule has 1 fully saturated rings. The van der Waals surface area contributed by atoms with Crippen molar-refractivity contribution >= 4 is 5.57 Å². The lowest BCUT2D eigenvalue weighted by Crippen LogP contribution is -2.51. The number of halogens is 3. The molecule has 0 radical (unpaired) electrons. The molecule has 3 rings (SSSR count). The molecular formula is C16H15F3N2O. The summed E-state index contributed by atoms with van der Waals surface area (Å²) < 4.78 is 45.4. The smallest absolute Gasteiger partial charge is 0.378 e. The molecule has 0 amide bonds. The molecule has 2 unspecified atom stereocenters. The molecule has 1 aromatic rings. The second-order valence-corrected chi connectivity index (χ2v) is 5.69. The summed E-state index contributed by atoms with van der Waals surface area (Å²) in [6.07, 6.45) is -2.10. The van der Waals surface area contributed by atoms with Crippen molar-refractivity contribution in [1.82, 2.24) is 4.90 Å². The Morgan fingerprint density at radius 1 is 1.32 bits per heavy atom. The summed E-state index contributed by atoms with van der Waals surface area (Å²) in [5.74, 6) is 0. The summed E-state index contributed by atoms with van der Waals surface area (Å²) in [6, 6.07) is 5.64. The highest BCUT2D eigenvalue weighted by atomic mass is 19.4. The van der Waals surface area contributed by atoms with Gasteiger partial charge in [0.15, 0.2) is 0 Å². The molecule has 0 N–H and O–H groups in total. The molecule has 22 heavy (non-hydrogen) atoms. The first-order chi connectivity index (χ1) is 10.4. The number of hydrogen-bond donors (Lipinski definition) is 0. The van der Waals surface area contributed by atoms with Crippen LogP contribution in [-0.2, 0) is 10.9 Å². The highest BCUT2D eigenvalue weighted by Gasteiger charge is 2.37. The molecule has 1 aromatic carbocycles. The molecule has 0 aliphatic carbocycles. The first kappa shape index (κ1) is 15.1. The van der Waals surface area contributed by atoms with Gasteiger partial charge in [-0.15, -0.1) is 0 Å². The van der Waals surface area contributed by atoms with E-state index >= 15 is 0 Å². The van der Waals surface area contributed by atoms with Gasteiger partial charge in [-0.3, -0.25) is 4.90 Å². The first-order valence-corrected chi connectivity index (χ1v) is 7.02. The Labute approximate surface area is 126 Å². The van der Waals surface area contributed by atoms with Gasteiger partial charge in [-0.25, -0.2) is 0 Å². The largest absolute Gasteiger partial charge is 0.417 e. The van der Waals surface area contributed by atoms with Gasteiger partial charge in [0.1, 0.15) is 0 Å². The molecule has 2 bridgehead atoms. The summed E-state index contributed by atoms with van der Waals surface area (Å²) in [5, 5.41) is 8.84. The molecule has 1 saturated heterocycles.